The molecule has 2 fully saturated rings. The van der Waals surface area contributed by atoms with Gasteiger partial charge in [0.2, 0.25) is 0 Å². The van der Waals surface area contributed by atoms with Crippen LogP contribution in [0.4, 0.5) is 10.1 Å². The Labute approximate surface area is 234 Å². The van der Waals surface area contributed by atoms with Crippen molar-refractivity contribution < 1.29 is 17.6 Å². The summed E-state index contributed by atoms with van der Waals surface area (Å²) in [5.74, 6) is -0.777. The average molecular weight is 564 g/mol. The second-order valence-corrected chi connectivity index (χ2v) is 13.3. The molecule has 0 radical (unpaired) electrons. The minimum atomic E-state index is -2.98. The summed E-state index contributed by atoms with van der Waals surface area (Å²) < 4.78 is 40.2. The highest BCUT2D eigenvalue weighted by atomic mass is 32.2. The van der Waals surface area contributed by atoms with E-state index in [1.165, 1.54) is 23.0 Å². The van der Waals surface area contributed by atoms with Gasteiger partial charge in [-0.2, -0.15) is 10.4 Å². The molecule has 0 amide bonds. The van der Waals surface area contributed by atoms with Gasteiger partial charge in [-0.05, 0) is 56.5 Å². The number of pyridine rings is 1. The normalized spacial score (nSPS) is 21.5. The molecule has 3 aromatic rings. The van der Waals surface area contributed by atoms with Crippen LogP contribution in [-0.4, -0.2) is 53.6 Å². The Morgan fingerprint density at radius 1 is 1.15 bits per heavy atom. The Kier molecular flexibility index (Phi) is 8.04. The zero-order chi connectivity index (χ0) is 28.4. The number of Topliss-reactive ketones (excluding diaryl/α,β-unsaturated/α-hetero) is 1. The molecule has 1 saturated carbocycles. The molecular weight excluding hydrogens is 529 g/mol. The first-order valence-electron chi connectivity index (χ1n) is 13.9. The number of halogens is 1. The number of nitrogens with zero attached hydrogens (tertiary/aromatic N) is 5. The molecule has 1 saturated heterocycles. The van der Waals surface area contributed by atoms with E-state index >= 15 is 0 Å². The first kappa shape index (κ1) is 28.0. The summed E-state index contributed by atoms with van der Waals surface area (Å²) in [6.07, 6.45) is 5.17. The van der Waals surface area contributed by atoms with Gasteiger partial charge >= 0.3 is 0 Å². The quantitative estimate of drug-likeness (QED) is 0.398. The van der Waals surface area contributed by atoms with E-state index in [4.69, 9.17) is 5.10 Å². The van der Waals surface area contributed by atoms with Crippen molar-refractivity contribution in [3.8, 4) is 23.0 Å². The van der Waals surface area contributed by atoms with Crippen LogP contribution in [0.15, 0.2) is 42.6 Å². The van der Waals surface area contributed by atoms with Crippen LogP contribution in [0.5, 0.6) is 0 Å². The fourth-order valence-electron chi connectivity index (χ4n) is 6.03. The number of nitriles is 1. The number of anilines is 1. The van der Waals surface area contributed by atoms with Gasteiger partial charge < -0.3 is 4.90 Å². The second kappa shape index (κ2) is 11.5. The second-order valence-electron chi connectivity index (χ2n) is 11.0. The van der Waals surface area contributed by atoms with Crippen LogP contribution in [0.1, 0.15) is 56.3 Å². The lowest BCUT2D eigenvalue weighted by Crippen LogP contribution is -2.40. The molecule has 10 heteroatoms. The molecule has 3 heterocycles. The molecule has 210 valence electrons. The van der Waals surface area contributed by atoms with Crippen LogP contribution in [0.3, 0.4) is 0 Å². The molecule has 8 nitrogen and oxygen atoms in total. The van der Waals surface area contributed by atoms with Gasteiger partial charge in [0.25, 0.3) is 0 Å². The van der Waals surface area contributed by atoms with Crippen molar-refractivity contribution in [3.63, 3.8) is 0 Å². The third kappa shape index (κ3) is 5.66. The summed E-state index contributed by atoms with van der Waals surface area (Å²) in [6.45, 7) is 4.57. The number of hydrogen-bond donors (Lipinski definition) is 0. The molecule has 0 bridgehead atoms. The summed E-state index contributed by atoms with van der Waals surface area (Å²) in [5.41, 5.74) is 4.17. The SMILES string of the molecule is Cc1c(-c2ccc(N3CCS(=O)(=O)CC3)cc2)c([C@@H]2CCCC[C@H]2C(=O)C[C@@H](C)C#N)nn1-c1ncccc1F. The number of carbonyl (C=O) groups is 1. The molecule has 40 heavy (non-hydrogen) atoms. The van der Waals surface area contributed by atoms with E-state index in [0.29, 0.717) is 13.1 Å². The molecule has 1 aliphatic heterocycles. The van der Waals surface area contributed by atoms with Crippen LogP contribution in [0, 0.1) is 35.9 Å². The molecule has 0 N–H and O–H groups in total. The van der Waals surface area contributed by atoms with E-state index in [-0.39, 0.29) is 47.3 Å². The van der Waals surface area contributed by atoms with Crippen molar-refractivity contribution in [3.05, 3.63) is 59.8 Å². The van der Waals surface area contributed by atoms with E-state index in [1.54, 1.807) is 6.92 Å². The number of benzene rings is 1. The Bertz CT molecular complexity index is 1530. The van der Waals surface area contributed by atoms with E-state index < -0.39 is 15.7 Å². The van der Waals surface area contributed by atoms with Crippen LogP contribution in [-0.2, 0) is 14.6 Å². The first-order valence-corrected chi connectivity index (χ1v) is 15.7. The standard InChI is InChI=1S/C30H34FN5O3S/c1-20(19-32)18-27(37)24-6-3-4-7-25(24)29-28(21(2)36(34-29)30-26(31)8-5-13-33-30)22-9-11-23(12-10-22)35-14-16-40(38,39)17-15-35/h5,8-13,20,24-25H,3-4,6-7,14-18H2,1-2H3/t20-,24-,25-/m1/s1. The lowest BCUT2D eigenvalue weighted by Gasteiger charge is -2.31. The predicted molar refractivity (Wildman–Crippen MR) is 151 cm³/mol. The third-order valence-corrected chi connectivity index (χ3v) is 9.82. The zero-order valence-electron chi connectivity index (χ0n) is 22.9. The smallest absolute Gasteiger partial charge is 0.189 e. The van der Waals surface area contributed by atoms with Crippen LogP contribution in [0.25, 0.3) is 16.9 Å². The Hall–Kier alpha value is -3.58. The molecule has 0 spiro atoms. The van der Waals surface area contributed by atoms with E-state index in [2.05, 4.69) is 16.0 Å². The molecule has 2 aliphatic rings. The lowest BCUT2D eigenvalue weighted by molar-refractivity contribution is -0.125. The van der Waals surface area contributed by atoms with Gasteiger partial charge in [-0.3, -0.25) is 4.79 Å². The van der Waals surface area contributed by atoms with Gasteiger partial charge in [0, 0.05) is 48.8 Å². The van der Waals surface area contributed by atoms with Gasteiger partial charge in [0.1, 0.15) is 5.78 Å². The summed E-state index contributed by atoms with van der Waals surface area (Å²) in [7, 11) is -2.98. The van der Waals surface area contributed by atoms with Crippen molar-refractivity contribution in [2.45, 2.75) is 51.9 Å². The van der Waals surface area contributed by atoms with Crippen molar-refractivity contribution in [2.24, 2.45) is 11.8 Å². The van der Waals surface area contributed by atoms with E-state index in [9.17, 15) is 22.9 Å². The largest absolute Gasteiger partial charge is 0.369 e. The number of sulfone groups is 1. The monoisotopic (exact) mass is 563 g/mol. The van der Waals surface area contributed by atoms with Crippen LogP contribution < -0.4 is 4.90 Å². The summed E-state index contributed by atoms with van der Waals surface area (Å²) in [6, 6.07) is 13.0. The molecule has 5 rings (SSSR count). The summed E-state index contributed by atoms with van der Waals surface area (Å²) in [4.78, 5) is 19.7. The van der Waals surface area contributed by atoms with Gasteiger partial charge in [0.05, 0.1) is 34.9 Å². The Morgan fingerprint density at radius 2 is 1.85 bits per heavy atom. The van der Waals surface area contributed by atoms with Gasteiger partial charge in [-0.15, -0.1) is 0 Å². The molecule has 1 aromatic carbocycles. The summed E-state index contributed by atoms with van der Waals surface area (Å²) in [5, 5.41) is 14.2. The molecule has 2 aromatic heterocycles. The van der Waals surface area contributed by atoms with Gasteiger partial charge in [-0.25, -0.2) is 22.5 Å². The van der Waals surface area contributed by atoms with E-state index in [0.717, 1.165) is 53.9 Å². The molecular formula is C30H34FN5O3S. The highest BCUT2D eigenvalue weighted by Gasteiger charge is 2.37. The fourth-order valence-corrected chi connectivity index (χ4v) is 7.23. The van der Waals surface area contributed by atoms with Crippen molar-refractivity contribution in [2.75, 3.05) is 29.5 Å². The molecule has 1 aliphatic carbocycles. The fraction of sp³-hybridized carbons (Fsp3) is 0.467. The first-order chi connectivity index (χ1) is 19.2. The molecule has 3 atom stereocenters. The maximum Gasteiger partial charge on any atom is 0.189 e. The highest BCUT2D eigenvalue weighted by Crippen LogP contribution is 2.44. The topological polar surface area (TPSA) is 109 Å². The number of carbonyl (C=O) groups excluding carboxylic acids is 1. The van der Waals surface area contributed by atoms with Crippen LogP contribution >= 0.6 is 0 Å². The Morgan fingerprint density at radius 3 is 2.52 bits per heavy atom. The van der Waals surface area contributed by atoms with Crippen molar-refractivity contribution in [1.29, 1.82) is 5.26 Å². The minimum Gasteiger partial charge on any atom is -0.369 e. The number of aromatic nitrogens is 3. The predicted octanol–water partition coefficient (Wildman–Crippen LogP) is 5.01. The van der Waals surface area contributed by atoms with Crippen LogP contribution in [0.2, 0.25) is 0 Å². The maximum atomic E-state index is 14.9. The zero-order valence-corrected chi connectivity index (χ0v) is 23.7. The molecule has 0 unspecified atom stereocenters. The highest BCUT2D eigenvalue weighted by molar-refractivity contribution is 7.91. The number of hydrogen-bond acceptors (Lipinski definition) is 7. The maximum absolute atomic E-state index is 14.9. The van der Waals surface area contributed by atoms with Crippen molar-refractivity contribution in [1.82, 2.24) is 14.8 Å². The third-order valence-electron chi connectivity index (χ3n) is 8.21. The minimum absolute atomic E-state index is 0.0799. The van der Waals surface area contributed by atoms with Gasteiger partial charge in [0.15, 0.2) is 21.5 Å². The Balaban J connectivity index is 1.57. The lowest BCUT2D eigenvalue weighted by atomic mass is 9.72. The summed E-state index contributed by atoms with van der Waals surface area (Å²) >= 11 is 0. The average Bonchev–Trinajstić information content (AvgIpc) is 3.29. The van der Waals surface area contributed by atoms with E-state index in [1.807, 2.05) is 31.2 Å². The number of ketones is 1. The van der Waals surface area contributed by atoms with Gasteiger partial charge in [-0.1, -0.05) is 25.0 Å². The number of rotatable bonds is 7. The van der Waals surface area contributed by atoms with Crippen molar-refractivity contribution >= 4 is 21.3 Å².